The molecule has 0 saturated heterocycles. The average Bonchev–Trinajstić information content (AvgIpc) is 2.56. The normalized spacial score (nSPS) is 16.6. The van der Waals surface area contributed by atoms with E-state index in [0.717, 1.165) is 12.7 Å². The molecule has 12 heavy (non-hydrogen) atoms. The quantitative estimate of drug-likeness (QED) is 0.463. The Kier molecular flexibility index (Phi) is 4.06. The molecule has 0 aromatic heterocycles. The smallest absolute Gasteiger partial charge is 0.124 e. The van der Waals surface area contributed by atoms with Crippen molar-refractivity contribution < 1.29 is 4.79 Å². The molecular weight excluding hydrogens is 148 g/mol. The fraction of sp³-hybridized carbons (Fsp3) is 0.727. The molecule has 1 nitrogen and oxygen atoms in total. The van der Waals surface area contributed by atoms with Crippen LogP contribution < -0.4 is 0 Å². The van der Waals surface area contributed by atoms with E-state index in [1.807, 2.05) is 0 Å². The summed E-state index contributed by atoms with van der Waals surface area (Å²) in [6.45, 7) is 2.18. The van der Waals surface area contributed by atoms with Crippen molar-refractivity contribution in [1.29, 1.82) is 0 Å². The fourth-order valence-electron chi connectivity index (χ4n) is 1.98. The molecule has 1 aliphatic carbocycles. The summed E-state index contributed by atoms with van der Waals surface area (Å²) < 4.78 is 0. The topological polar surface area (TPSA) is 17.1 Å². The first-order valence-electron chi connectivity index (χ1n) is 5.02. The van der Waals surface area contributed by atoms with Gasteiger partial charge in [0.1, 0.15) is 6.29 Å². The van der Waals surface area contributed by atoms with Gasteiger partial charge < -0.3 is 4.79 Å². The van der Waals surface area contributed by atoms with E-state index in [1.54, 1.807) is 5.57 Å². The van der Waals surface area contributed by atoms with Gasteiger partial charge in [-0.2, -0.15) is 0 Å². The number of carbonyl (C=O) groups is 1. The fourth-order valence-corrected chi connectivity index (χ4v) is 1.98. The molecule has 0 unspecified atom stereocenters. The summed E-state index contributed by atoms with van der Waals surface area (Å²) in [7, 11) is 0. The second-order valence-electron chi connectivity index (χ2n) is 3.54. The van der Waals surface area contributed by atoms with Crippen molar-refractivity contribution in [1.82, 2.24) is 0 Å². The molecule has 1 fully saturated rings. The van der Waals surface area contributed by atoms with Crippen LogP contribution in [0.5, 0.6) is 0 Å². The first-order chi connectivity index (χ1) is 5.88. The van der Waals surface area contributed by atoms with Gasteiger partial charge in [0.25, 0.3) is 0 Å². The SMILES string of the molecule is CCCC(CC=O)=C1CCCC1. The summed E-state index contributed by atoms with van der Waals surface area (Å²) in [5, 5.41) is 0. The minimum absolute atomic E-state index is 0.684. The molecule has 0 aliphatic heterocycles. The Balaban J connectivity index is 2.59. The summed E-state index contributed by atoms with van der Waals surface area (Å²) in [6.07, 6.45) is 9.22. The Morgan fingerprint density at radius 1 is 1.42 bits per heavy atom. The van der Waals surface area contributed by atoms with E-state index < -0.39 is 0 Å². The highest BCUT2D eigenvalue weighted by molar-refractivity contribution is 5.55. The van der Waals surface area contributed by atoms with Crippen LogP contribution in [0, 0.1) is 0 Å². The van der Waals surface area contributed by atoms with Gasteiger partial charge in [-0.3, -0.25) is 0 Å². The third-order valence-electron chi connectivity index (χ3n) is 2.59. The van der Waals surface area contributed by atoms with E-state index in [4.69, 9.17) is 0 Å². The first kappa shape index (κ1) is 9.50. The van der Waals surface area contributed by atoms with Gasteiger partial charge in [-0.15, -0.1) is 0 Å². The second kappa shape index (κ2) is 5.13. The van der Waals surface area contributed by atoms with E-state index in [2.05, 4.69) is 6.92 Å². The molecule has 0 amide bonds. The number of hydrogen-bond acceptors (Lipinski definition) is 1. The molecule has 1 rings (SSSR count). The van der Waals surface area contributed by atoms with Crippen LogP contribution in [-0.4, -0.2) is 6.29 Å². The zero-order valence-electron chi connectivity index (χ0n) is 7.94. The maximum absolute atomic E-state index is 10.4. The van der Waals surface area contributed by atoms with Gasteiger partial charge >= 0.3 is 0 Å². The second-order valence-corrected chi connectivity index (χ2v) is 3.54. The maximum atomic E-state index is 10.4. The summed E-state index contributed by atoms with van der Waals surface area (Å²) in [5.41, 5.74) is 3.02. The Bertz CT molecular complexity index is 171. The molecule has 68 valence electrons. The van der Waals surface area contributed by atoms with Crippen LogP contribution in [0.15, 0.2) is 11.1 Å². The predicted molar refractivity (Wildman–Crippen MR) is 51.1 cm³/mol. The Labute approximate surface area is 74.9 Å². The number of carbonyl (C=O) groups excluding carboxylic acids is 1. The molecule has 0 atom stereocenters. The van der Waals surface area contributed by atoms with Crippen LogP contribution in [0.4, 0.5) is 0 Å². The Hall–Kier alpha value is -0.590. The van der Waals surface area contributed by atoms with Crippen molar-refractivity contribution in [3.63, 3.8) is 0 Å². The largest absolute Gasteiger partial charge is 0.303 e. The van der Waals surface area contributed by atoms with Crippen molar-refractivity contribution in [2.24, 2.45) is 0 Å². The third kappa shape index (κ3) is 2.47. The molecule has 0 heterocycles. The molecule has 1 saturated carbocycles. The lowest BCUT2D eigenvalue weighted by atomic mass is 10.00. The van der Waals surface area contributed by atoms with Crippen LogP contribution in [0.25, 0.3) is 0 Å². The van der Waals surface area contributed by atoms with Gasteiger partial charge in [0.15, 0.2) is 0 Å². The lowest BCUT2D eigenvalue weighted by Crippen LogP contribution is -1.90. The minimum atomic E-state index is 0.684. The average molecular weight is 166 g/mol. The molecule has 1 aliphatic rings. The van der Waals surface area contributed by atoms with Crippen LogP contribution in [-0.2, 0) is 4.79 Å². The highest BCUT2D eigenvalue weighted by atomic mass is 16.1. The zero-order valence-corrected chi connectivity index (χ0v) is 7.94. The van der Waals surface area contributed by atoms with Crippen molar-refractivity contribution >= 4 is 6.29 Å². The molecular formula is C11H18O. The van der Waals surface area contributed by atoms with E-state index in [-0.39, 0.29) is 0 Å². The number of allylic oxidation sites excluding steroid dienone is 2. The number of aldehydes is 1. The zero-order chi connectivity index (χ0) is 8.81. The van der Waals surface area contributed by atoms with Gasteiger partial charge in [0.05, 0.1) is 0 Å². The van der Waals surface area contributed by atoms with Crippen LogP contribution in [0.2, 0.25) is 0 Å². The first-order valence-corrected chi connectivity index (χ1v) is 5.02. The minimum Gasteiger partial charge on any atom is -0.303 e. The van der Waals surface area contributed by atoms with Crippen LogP contribution >= 0.6 is 0 Å². The summed E-state index contributed by atoms with van der Waals surface area (Å²) in [4.78, 5) is 10.4. The molecule has 0 aromatic carbocycles. The van der Waals surface area contributed by atoms with E-state index in [9.17, 15) is 4.79 Å². The Morgan fingerprint density at radius 2 is 2.08 bits per heavy atom. The summed E-state index contributed by atoms with van der Waals surface area (Å²) >= 11 is 0. The third-order valence-corrected chi connectivity index (χ3v) is 2.59. The lowest BCUT2D eigenvalue weighted by molar-refractivity contribution is -0.107. The number of rotatable bonds is 4. The van der Waals surface area contributed by atoms with Gasteiger partial charge in [-0.1, -0.05) is 24.5 Å². The van der Waals surface area contributed by atoms with Gasteiger partial charge in [0.2, 0.25) is 0 Å². The predicted octanol–water partition coefficient (Wildman–Crippen LogP) is 3.25. The molecule has 1 heteroatoms. The van der Waals surface area contributed by atoms with Crippen molar-refractivity contribution in [3.05, 3.63) is 11.1 Å². The molecule has 0 N–H and O–H groups in total. The highest BCUT2D eigenvalue weighted by Crippen LogP contribution is 2.29. The summed E-state index contributed by atoms with van der Waals surface area (Å²) in [6, 6.07) is 0. The van der Waals surface area contributed by atoms with Crippen molar-refractivity contribution in [2.45, 2.75) is 51.9 Å². The van der Waals surface area contributed by atoms with Crippen LogP contribution in [0.1, 0.15) is 51.9 Å². The van der Waals surface area contributed by atoms with Crippen molar-refractivity contribution in [3.8, 4) is 0 Å². The van der Waals surface area contributed by atoms with Crippen LogP contribution in [0.3, 0.4) is 0 Å². The van der Waals surface area contributed by atoms with E-state index in [1.165, 1.54) is 37.7 Å². The van der Waals surface area contributed by atoms with Gasteiger partial charge in [0, 0.05) is 6.42 Å². The molecule has 0 radical (unpaired) electrons. The Morgan fingerprint density at radius 3 is 2.58 bits per heavy atom. The van der Waals surface area contributed by atoms with Crippen molar-refractivity contribution in [2.75, 3.05) is 0 Å². The van der Waals surface area contributed by atoms with E-state index >= 15 is 0 Å². The van der Waals surface area contributed by atoms with E-state index in [0.29, 0.717) is 6.42 Å². The molecule has 0 spiro atoms. The number of hydrogen-bond donors (Lipinski definition) is 0. The molecule has 0 aromatic rings. The summed E-state index contributed by atoms with van der Waals surface area (Å²) in [5.74, 6) is 0. The molecule has 0 bridgehead atoms. The van der Waals surface area contributed by atoms with Gasteiger partial charge in [-0.05, 0) is 32.1 Å². The van der Waals surface area contributed by atoms with Gasteiger partial charge in [-0.25, -0.2) is 0 Å². The standard InChI is InChI=1S/C11H18O/c1-2-5-10(8-9-12)11-6-3-4-7-11/h9H,2-8H2,1H3. The lowest BCUT2D eigenvalue weighted by Gasteiger charge is -2.06. The highest BCUT2D eigenvalue weighted by Gasteiger charge is 2.11. The monoisotopic (exact) mass is 166 g/mol. The maximum Gasteiger partial charge on any atom is 0.124 e.